The van der Waals surface area contributed by atoms with Gasteiger partial charge < -0.3 is 9.64 Å². The standard InChI is InChI=1S/C26H22Cl2N4O2S/c1-16-12-17-6-3-4-9-21(17)31(16)24(33)15-35-26-30-29-25(18-7-5-8-19(27)13-18)32(26)22-14-20(28)10-11-23(22)34-2/h3-11,13-14,16H,12,15H2,1-2H3/t16-/m0/s1. The van der Waals surface area contributed by atoms with E-state index in [9.17, 15) is 4.79 Å². The van der Waals surface area contributed by atoms with E-state index in [1.165, 1.54) is 17.3 Å². The van der Waals surface area contributed by atoms with Crippen molar-refractivity contribution >= 4 is 46.6 Å². The lowest BCUT2D eigenvalue weighted by atomic mass is 10.1. The monoisotopic (exact) mass is 524 g/mol. The molecular weight excluding hydrogens is 503 g/mol. The molecular formula is C26H22Cl2N4O2S. The second-order valence-electron chi connectivity index (χ2n) is 8.20. The quantitative estimate of drug-likeness (QED) is 0.276. The van der Waals surface area contributed by atoms with E-state index in [1.54, 1.807) is 31.4 Å². The van der Waals surface area contributed by atoms with Crippen LogP contribution in [0.2, 0.25) is 10.0 Å². The number of aromatic nitrogens is 3. The fourth-order valence-electron chi connectivity index (χ4n) is 4.37. The number of carbonyl (C=O) groups is 1. The third kappa shape index (κ3) is 4.63. The van der Waals surface area contributed by atoms with E-state index in [-0.39, 0.29) is 17.7 Å². The van der Waals surface area contributed by atoms with E-state index in [4.69, 9.17) is 27.9 Å². The fraction of sp³-hybridized carbons (Fsp3) is 0.192. The summed E-state index contributed by atoms with van der Waals surface area (Å²) >= 11 is 13.9. The Hall–Kier alpha value is -3.00. The molecule has 1 aromatic heterocycles. The van der Waals surface area contributed by atoms with E-state index >= 15 is 0 Å². The van der Waals surface area contributed by atoms with Gasteiger partial charge in [0.05, 0.1) is 18.6 Å². The Morgan fingerprint density at radius 1 is 1.03 bits per heavy atom. The van der Waals surface area contributed by atoms with Crippen LogP contribution in [-0.2, 0) is 11.2 Å². The third-order valence-electron chi connectivity index (χ3n) is 5.90. The second kappa shape index (κ2) is 9.93. The van der Waals surface area contributed by atoms with Crippen LogP contribution in [0.3, 0.4) is 0 Å². The molecule has 1 aliphatic heterocycles. The van der Waals surface area contributed by atoms with Gasteiger partial charge in [-0.2, -0.15) is 0 Å². The number of hydrogen-bond acceptors (Lipinski definition) is 5. The van der Waals surface area contributed by atoms with Gasteiger partial charge in [0.15, 0.2) is 11.0 Å². The number of nitrogens with zero attached hydrogens (tertiary/aromatic N) is 4. The molecule has 2 heterocycles. The number of hydrogen-bond donors (Lipinski definition) is 0. The number of para-hydroxylation sites is 1. The average Bonchev–Trinajstić information content (AvgIpc) is 3.42. The summed E-state index contributed by atoms with van der Waals surface area (Å²) in [5.74, 6) is 1.40. The zero-order valence-corrected chi connectivity index (χ0v) is 21.4. The molecule has 0 bridgehead atoms. The molecule has 1 amide bonds. The highest BCUT2D eigenvalue weighted by atomic mass is 35.5. The molecule has 3 aromatic carbocycles. The summed E-state index contributed by atoms with van der Waals surface area (Å²) in [6, 6.07) is 20.9. The lowest BCUT2D eigenvalue weighted by Gasteiger charge is -2.22. The predicted molar refractivity (Wildman–Crippen MR) is 141 cm³/mol. The molecule has 9 heteroatoms. The Balaban J connectivity index is 1.52. The van der Waals surface area contributed by atoms with Crippen LogP contribution < -0.4 is 9.64 Å². The first-order chi connectivity index (χ1) is 17.0. The largest absolute Gasteiger partial charge is 0.495 e. The lowest BCUT2D eigenvalue weighted by molar-refractivity contribution is -0.116. The van der Waals surface area contributed by atoms with E-state index in [0.29, 0.717) is 32.5 Å². The number of thioether (sulfide) groups is 1. The second-order valence-corrected chi connectivity index (χ2v) is 10.0. The number of carbonyl (C=O) groups excluding carboxylic acids is 1. The maximum Gasteiger partial charge on any atom is 0.237 e. The van der Waals surface area contributed by atoms with Crippen LogP contribution in [0.5, 0.6) is 5.75 Å². The summed E-state index contributed by atoms with van der Waals surface area (Å²) in [5, 5.41) is 10.6. The van der Waals surface area contributed by atoms with Crippen LogP contribution in [-0.4, -0.2) is 39.6 Å². The Labute approximate surface area is 217 Å². The maximum absolute atomic E-state index is 13.3. The summed E-state index contributed by atoms with van der Waals surface area (Å²) in [7, 11) is 1.60. The molecule has 0 saturated carbocycles. The van der Waals surface area contributed by atoms with Gasteiger partial charge in [0, 0.05) is 27.3 Å². The highest BCUT2D eigenvalue weighted by Gasteiger charge is 2.31. The van der Waals surface area contributed by atoms with Gasteiger partial charge in [-0.25, -0.2) is 0 Å². The minimum atomic E-state index is 0.0179. The Kier molecular flexibility index (Phi) is 6.73. The van der Waals surface area contributed by atoms with Crippen molar-refractivity contribution in [1.29, 1.82) is 0 Å². The fourth-order valence-corrected chi connectivity index (χ4v) is 5.54. The molecule has 35 heavy (non-hydrogen) atoms. The molecule has 178 valence electrons. The van der Waals surface area contributed by atoms with Crippen LogP contribution in [0, 0.1) is 0 Å². The molecule has 5 rings (SSSR count). The summed E-state index contributed by atoms with van der Waals surface area (Å²) in [5.41, 5.74) is 3.62. The van der Waals surface area contributed by atoms with Gasteiger partial charge in [0.2, 0.25) is 5.91 Å². The average molecular weight is 525 g/mol. The molecule has 4 aromatic rings. The van der Waals surface area contributed by atoms with Crippen molar-refractivity contribution in [3.63, 3.8) is 0 Å². The first kappa shape index (κ1) is 23.7. The third-order valence-corrected chi connectivity index (χ3v) is 7.28. The number of ether oxygens (including phenoxy) is 1. The van der Waals surface area contributed by atoms with Crippen molar-refractivity contribution in [3.8, 4) is 22.8 Å². The van der Waals surface area contributed by atoms with Crippen molar-refractivity contribution < 1.29 is 9.53 Å². The smallest absolute Gasteiger partial charge is 0.237 e. The minimum absolute atomic E-state index is 0.0179. The van der Waals surface area contributed by atoms with Crippen LogP contribution in [0.1, 0.15) is 12.5 Å². The van der Waals surface area contributed by atoms with Gasteiger partial charge in [-0.3, -0.25) is 9.36 Å². The molecule has 0 radical (unpaired) electrons. The number of halogens is 2. The summed E-state index contributed by atoms with van der Waals surface area (Å²) in [4.78, 5) is 15.2. The summed E-state index contributed by atoms with van der Waals surface area (Å²) in [6.07, 6.45) is 0.849. The van der Waals surface area contributed by atoms with Gasteiger partial charge in [-0.05, 0) is 55.3 Å². The molecule has 0 aliphatic carbocycles. The van der Waals surface area contributed by atoms with Gasteiger partial charge in [0.1, 0.15) is 5.75 Å². The molecule has 1 atom stereocenters. The van der Waals surface area contributed by atoms with E-state index in [0.717, 1.165) is 17.7 Å². The first-order valence-corrected chi connectivity index (χ1v) is 12.8. The van der Waals surface area contributed by atoms with E-state index < -0.39 is 0 Å². The first-order valence-electron chi connectivity index (χ1n) is 11.0. The van der Waals surface area contributed by atoms with Gasteiger partial charge in [-0.1, -0.05) is 65.3 Å². The topological polar surface area (TPSA) is 60.2 Å². The van der Waals surface area contributed by atoms with Gasteiger partial charge in [-0.15, -0.1) is 10.2 Å². The number of amides is 1. The number of methoxy groups -OCH3 is 1. The van der Waals surface area contributed by atoms with Crippen LogP contribution >= 0.6 is 35.0 Å². The maximum atomic E-state index is 13.3. The number of benzene rings is 3. The Morgan fingerprint density at radius 3 is 2.63 bits per heavy atom. The number of rotatable bonds is 6. The van der Waals surface area contributed by atoms with Crippen LogP contribution in [0.4, 0.5) is 5.69 Å². The Morgan fingerprint density at radius 2 is 1.83 bits per heavy atom. The van der Waals surface area contributed by atoms with Crippen molar-refractivity contribution in [1.82, 2.24) is 14.8 Å². The SMILES string of the molecule is COc1ccc(Cl)cc1-n1c(SCC(=O)N2c3ccccc3C[C@@H]2C)nnc1-c1cccc(Cl)c1. The molecule has 0 spiro atoms. The molecule has 0 unspecified atom stereocenters. The minimum Gasteiger partial charge on any atom is -0.495 e. The van der Waals surface area contributed by atoms with E-state index in [1.807, 2.05) is 45.9 Å². The van der Waals surface area contributed by atoms with Gasteiger partial charge >= 0.3 is 0 Å². The van der Waals surface area contributed by atoms with Gasteiger partial charge in [0.25, 0.3) is 0 Å². The highest BCUT2D eigenvalue weighted by molar-refractivity contribution is 7.99. The molecule has 0 fully saturated rings. The van der Waals surface area contributed by atoms with Crippen molar-refractivity contribution in [2.24, 2.45) is 0 Å². The predicted octanol–water partition coefficient (Wildman–Crippen LogP) is 6.32. The van der Waals surface area contributed by atoms with Crippen molar-refractivity contribution in [3.05, 3.63) is 82.3 Å². The molecule has 1 aliphatic rings. The van der Waals surface area contributed by atoms with Crippen molar-refractivity contribution in [2.75, 3.05) is 17.8 Å². The van der Waals surface area contributed by atoms with Crippen LogP contribution in [0.15, 0.2) is 71.9 Å². The number of fused-ring (bicyclic) bond motifs is 1. The molecule has 0 saturated heterocycles. The van der Waals surface area contributed by atoms with E-state index in [2.05, 4.69) is 23.2 Å². The van der Waals surface area contributed by atoms with Crippen LogP contribution in [0.25, 0.3) is 17.1 Å². The molecule has 6 nitrogen and oxygen atoms in total. The highest BCUT2D eigenvalue weighted by Crippen LogP contribution is 2.36. The zero-order chi connectivity index (χ0) is 24.5. The normalized spacial score (nSPS) is 14.7. The summed E-state index contributed by atoms with van der Waals surface area (Å²) < 4.78 is 7.47. The summed E-state index contributed by atoms with van der Waals surface area (Å²) in [6.45, 7) is 2.07. The lowest BCUT2D eigenvalue weighted by Crippen LogP contribution is -2.37. The van der Waals surface area contributed by atoms with Crippen molar-refractivity contribution in [2.45, 2.75) is 24.5 Å². The molecule has 0 N–H and O–H groups in total. The number of anilines is 1. The Bertz CT molecular complexity index is 1410. The zero-order valence-electron chi connectivity index (χ0n) is 19.1.